The van der Waals surface area contributed by atoms with Gasteiger partial charge in [0, 0.05) is 12.1 Å². The van der Waals surface area contributed by atoms with Gasteiger partial charge in [0.25, 0.3) is 0 Å². The van der Waals surface area contributed by atoms with E-state index in [9.17, 15) is 0 Å². The monoisotopic (exact) mass is 238 g/mol. The molecule has 1 saturated heterocycles. The predicted octanol–water partition coefficient (Wildman–Crippen LogP) is 3.02. The Bertz CT molecular complexity index is 233. The van der Waals surface area contributed by atoms with E-state index in [4.69, 9.17) is 5.73 Å². The molecule has 0 amide bonds. The van der Waals surface area contributed by atoms with Crippen LogP contribution in [0.4, 0.5) is 0 Å². The van der Waals surface area contributed by atoms with Gasteiger partial charge in [0.15, 0.2) is 0 Å². The lowest BCUT2D eigenvalue weighted by molar-refractivity contribution is 0.0503. The molecule has 1 aliphatic carbocycles. The van der Waals surface area contributed by atoms with Crippen molar-refractivity contribution in [2.24, 2.45) is 17.6 Å². The molecule has 1 aliphatic heterocycles. The van der Waals surface area contributed by atoms with Gasteiger partial charge in [-0.3, -0.25) is 4.90 Å². The van der Waals surface area contributed by atoms with Crippen molar-refractivity contribution in [3.63, 3.8) is 0 Å². The van der Waals surface area contributed by atoms with Gasteiger partial charge in [-0.1, -0.05) is 26.7 Å². The Morgan fingerprint density at radius 1 is 1.24 bits per heavy atom. The lowest BCUT2D eigenvalue weighted by atomic mass is 9.72. The number of hydrogen-bond donors (Lipinski definition) is 1. The average molecular weight is 238 g/mol. The minimum atomic E-state index is 0.369. The highest BCUT2D eigenvalue weighted by molar-refractivity contribution is 4.98. The van der Waals surface area contributed by atoms with Crippen LogP contribution in [0.25, 0.3) is 0 Å². The Labute approximate surface area is 107 Å². The highest BCUT2D eigenvalue weighted by Crippen LogP contribution is 2.40. The minimum Gasteiger partial charge on any atom is -0.329 e. The lowest BCUT2D eigenvalue weighted by Gasteiger charge is -2.47. The Balaban J connectivity index is 2.00. The van der Waals surface area contributed by atoms with E-state index in [0.29, 0.717) is 5.54 Å². The summed E-state index contributed by atoms with van der Waals surface area (Å²) < 4.78 is 0. The normalized spacial score (nSPS) is 35.6. The van der Waals surface area contributed by atoms with Crippen LogP contribution >= 0.6 is 0 Å². The average Bonchev–Trinajstić information content (AvgIpc) is 2.82. The van der Waals surface area contributed by atoms with E-state index in [1.807, 2.05) is 0 Å². The molecule has 2 heteroatoms. The Morgan fingerprint density at radius 3 is 2.53 bits per heavy atom. The van der Waals surface area contributed by atoms with E-state index in [1.165, 1.54) is 58.0 Å². The third-order valence-electron chi connectivity index (χ3n) is 4.88. The molecule has 2 N–H and O–H groups in total. The number of nitrogens with zero attached hydrogens (tertiary/aromatic N) is 1. The Kier molecular flexibility index (Phi) is 4.48. The first-order valence-corrected chi connectivity index (χ1v) is 7.61. The van der Waals surface area contributed by atoms with Crippen molar-refractivity contribution in [1.82, 2.24) is 4.90 Å². The van der Waals surface area contributed by atoms with Crippen molar-refractivity contribution in [3.8, 4) is 0 Å². The molecular weight excluding hydrogens is 208 g/mol. The molecule has 2 atom stereocenters. The Hall–Kier alpha value is -0.0800. The van der Waals surface area contributed by atoms with Crippen molar-refractivity contribution in [2.75, 3.05) is 19.6 Å². The fourth-order valence-corrected chi connectivity index (χ4v) is 4.12. The molecule has 2 rings (SSSR count). The molecule has 0 aromatic carbocycles. The number of rotatable bonds is 4. The van der Waals surface area contributed by atoms with Gasteiger partial charge in [0.05, 0.1) is 0 Å². The summed E-state index contributed by atoms with van der Waals surface area (Å²) in [4.78, 5) is 2.72. The number of hydrogen-bond acceptors (Lipinski definition) is 2. The molecule has 1 heterocycles. The van der Waals surface area contributed by atoms with Crippen LogP contribution in [0.1, 0.15) is 58.8 Å². The van der Waals surface area contributed by atoms with Crippen molar-refractivity contribution < 1.29 is 0 Å². The van der Waals surface area contributed by atoms with Gasteiger partial charge in [-0.25, -0.2) is 0 Å². The molecule has 0 aromatic heterocycles. The highest BCUT2D eigenvalue weighted by atomic mass is 15.2. The van der Waals surface area contributed by atoms with Crippen molar-refractivity contribution in [3.05, 3.63) is 0 Å². The van der Waals surface area contributed by atoms with Crippen LogP contribution in [0.15, 0.2) is 0 Å². The molecule has 100 valence electrons. The zero-order valence-corrected chi connectivity index (χ0v) is 11.8. The Morgan fingerprint density at radius 2 is 1.94 bits per heavy atom. The van der Waals surface area contributed by atoms with Crippen LogP contribution < -0.4 is 5.73 Å². The summed E-state index contributed by atoms with van der Waals surface area (Å²) in [6.45, 7) is 8.18. The largest absolute Gasteiger partial charge is 0.329 e. The van der Waals surface area contributed by atoms with Crippen molar-refractivity contribution in [1.29, 1.82) is 0 Å². The van der Waals surface area contributed by atoms with Gasteiger partial charge in [0.1, 0.15) is 0 Å². The summed E-state index contributed by atoms with van der Waals surface area (Å²) in [6, 6.07) is 0. The molecule has 2 nitrogen and oxygen atoms in total. The van der Waals surface area contributed by atoms with E-state index in [1.54, 1.807) is 0 Å². The maximum atomic E-state index is 6.17. The molecule has 2 aliphatic rings. The fraction of sp³-hybridized carbons (Fsp3) is 1.00. The number of likely N-dealkylation sites (tertiary alicyclic amines) is 1. The molecule has 0 radical (unpaired) electrons. The molecule has 2 fully saturated rings. The van der Waals surface area contributed by atoms with Gasteiger partial charge in [-0.2, -0.15) is 0 Å². The van der Waals surface area contributed by atoms with E-state index in [-0.39, 0.29) is 0 Å². The quantitative estimate of drug-likeness (QED) is 0.816. The second kappa shape index (κ2) is 5.71. The van der Waals surface area contributed by atoms with Gasteiger partial charge < -0.3 is 5.73 Å². The highest BCUT2D eigenvalue weighted by Gasteiger charge is 2.40. The van der Waals surface area contributed by atoms with Crippen LogP contribution in [-0.2, 0) is 0 Å². The van der Waals surface area contributed by atoms with Crippen LogP contribution in [0, 0.1) is 11.8 Å². The summed E-state index contributed by atoms with van der Waals surface area (Å²) in [5.41, 5.74) is 6.54. The first kappa shape index (κ1) is 13.4. The maximum Gasteiger partial charge on any atom is 0.0334 e. The van der Waals surface area contributed by atoms with Gasteiger partial charge >= 0.3 is 0 Å². The van der Waals surface area contributed by atoms with E-state index in [0.717, 1.165) is 18.4 Å². The van der Waals surface area contributed by atoms with E-state index < -0.39 is 0 Å². The predicted molar refractivity (Wildman–Crippen MR) is 74.0 cm³/mol. The molecule has 17 heavy (non-hydrogen) atoms. The fourth-order valence-electron chi connectivity index (χ4n) is 4.12. The summed E-state index contributed by atoms with van der Waals surface area (Å²) in [7, 11) is 0. The van der Waals surface area contributed by atoms with Crippen LogP contribution in [0.3, 0.4) is 0 Å². The molecule has 0 aromatic rings. The van der Waals surface area contributed by atoms with Crippen molar-refractivity contribution >= 4 is 0 Å². The van der Waals surface area contributed by atoms with Crippen molar-refractivity contribution in [2.45, 2.75) is 64.3 Å². The minimum absolute atomic E-state index is 0.369. The van der Waals surface area contributed by atoms with Crippen LogP contribution in [0.2, 0.25) is 0 Å². The molecule has 1 saturated carbocycles. The first-order chi connectivity index (χ1) is 8.16. The smallest absolute Gasteiger partial charge is 0.0334 e. The standard InChI is InChI=1S/C15H30N2/c1-13(2)10-14-6-5-7-15(11-14,12-16)17-8-3-4-9-17/h13-14H,3-12,16H2,1-2H3. The van der Waals surface area contributed by atoms with Crippen LogP contribution in [-0.4, -0.2) is 30.1 Å². The van der Waals surface area contributed by atoms with Gasteiger partial charge in [-0.15, -0.1) is 0 Å². The van der Waals surface area contributed by atoms with Gasteiger partial charge in [-0.05, 0) is 57.0 Å². The topological polar surface area (TPSA) is 29.3 Å². The molecular formula is C15H30N2. The van der Waals surface area contributed by atoms with E-state index >= 15 is 0 Å². The van der Waals surface area contributed by atoms with Gasteiger partial charge in [0.2, 0.25) is 0 Å². The number of nitrogens with two attached hydrogens (primary N) is 1. The summed E-state index contributed by atoms with van der Waals surface area (Å²) >= 11 is 0. The summed E-state index contributed by atoms with van der Waals surface area (Å²) in [5, 5.41) is 0. The van der Waals surface area contributed by atoms with Crippen LogP contribution in [0.5, 0.6) is 0 Å². The molecule has 0 spiro atoms. The van der Waals surface area contributed by atoms with E-state index in [2.05, 4.69) is 18.7 Å². The molecule has 2 unspecified atom stereocenters. The second-order valence-electron chi connectivity index (χ2n) is 6.71. The third-order valence-corrected chi connectivity index (χ3v) is 4.88. The lowest BCUT2D eigenvalue weighted by Crippen LogP contribution is -2.55. The first-order valence-electron chi connectivity index (χ1n) is 7.61. The summed E-state index contributed by atoms with van der Waals surface area (Å²) in [5.74, 6) is 1.76. The third kappa shape index (κ3) is 3.03. The molecule has 0 bridgehead atoms. The maximum absolute atomic E-state index is 6.17. The second-order valence-corrected chi connectivity index (χ2v) is 6.71. The zero-order valence-electron chi connectivity index (χ0n) is 11.8. The zero-order chi connectivity index (χ0) is 12.3. The summed E-state index contributed by atoms with van der Waals surface area (Å²) in [6.07, 6.45) is 9.71. The SMILES string of the molecule is CC(C)CC1CCCC(CN)(N2CCCC2)C1.